The number of ether oxygens (including phenoxy) is 3. The zero-order chi connectivity index (χ0) is 26.7. The number of rotatable bonds is 7. The van der Waals surface area contributed by atoms with Crippen LogP contribution in [0.25, 0.3) is 11.0 Å². The first-order chi connectivity index (χ1) is 18.3. The number of aromatic nitrogens is 2. The predicted molar refractivity (Wildman–Crippen MR) is 146 cm³/mol. The lowest BCUT2D eigenvalue weighted by Crippen LogP contribution is -2.47. The van der Waals surface area contributed by atoms with Crippen LogP contribution in [0.5, 0.6) is 17.2 Å². The maximum absolute atomic E-state index is 11.6. The minimum Gasteiger partial charge on any atom is -0.493 e. The molecule has 2 aliphatic heterocycles. The van der Waals surface area contributed by atoms with E-state index in [1.807, 2.05) is 62.1 Å². The van der Waals surface area contributed by atoms with Gasteiger partial charge in [-0.1, -0.05) is 18.6 Å². The van der Waals surface area contributed by atoms with E-state index < -0.39 is 5.79 Å². The second-order valence-corrected chi connectivity index (χ2v) is 10.9. The van der Waals surface area contributed by atoms with Crippen LogP contribution in [0.4, 0.5) is 0 Å². The highest BCUT2D eigenvalue weighted by molar-refractivity contribution is 5.73. The third-order valence-corrected chi connectivity index (χ3v) is 7.51. The van der Waals surface area contributed by atoms with E-state index in [0.717, 1.165) is 52.8 Å². The fourth-order valence-corrected chi connectivity index (χ4v) is 5.52. The molecule has 6 rings (SSSR count). The third kappa shape index (κ3) is 5.85. The van der Waals surface area contributed by atoms with E-state index in [1.54, 1.807) is 13.3 Å². The molecule has 3 heterocycles. The number of methoxy groups -OCH3 is 1. The third-order valence-electron chi connectivity index (χ3n) is 7.51. The molecule has 1 aliphatic carbocycles. The molecular formula is C30H38N4O4. The van der Waals surface area contributed by atoms with Gasteiger partial charge in [0.1, 0.15) is 0 Å². The van der Waals surface area contributed by atoms with E-state index in [4.69, 9.17) is 14.2 Å². The van der Waals surface area contributed by atoms with Gasteiger partial charge in [-0.3, -0.25) is 14.7 Å². The zero-order valence-electron chi connectivity index (χ0n) is 22.9. The summed E-state index contributed by atoms with van der Waals surface area (Å²) < 4.78 is 16.5. The number of carbonyl (C=O) groups excluding carboxylic acids is 1. The van der Waals surface area contributed by atoms with Crippen molar-refractivity contribution in [2.24, 2.45) is 0 Å². The first kappa shape index (κ1) is 26.2. The second-order valence-electron chi connectivity index (χ2n) is 10.9. The highest BCUT2D eigenvalue weighted by Gasteiger charge is 2.35. The van der Waals surface area contributed by atoms with Crippen LogP contribution in [0.15, 0.2) is 42.6 Å². The van der Waals surface area contributed by atoms with Gasteiger partial charge < -0.3 is 19.1 Å². The van der Waals surface area contributed by atoms with Crippen molar-refractivity contribution in [2.45, 2.75) is 77.3 Å². The monoisotopic (exact) mass is 518 g/mol. The maximum atomic E-state index is 11.6. The molecule has 0 N–H and O–H groups in total. The molecule has 3 aliphatic rings. The van der Waals surface area contributed by atoms with Crippen molar-refractivity contribution in [1.29, 1.82) is 0 Å². The Kier molecular flexibility index (Phi) is 7.70. The minimum atomic E-state index is -0.594. The number of hydrogen-bond acceptors (Lipinski definition) is 7. The van der Waals surface area contributed by atoms with Crippen LogP contribution in [0, 0.1) is 6.92 Å². The molecule has 2 aromatic carbocycles. The summed E-state index contributed by atoms with van der Waals surface area (Å²) in [5.41, 5.74) is 3.74. The molecule has 0 bridgehead atoms. The van der Waals surface area contributed by atoms with E-state index in [9.17, 15) is 4.79 Å². The number of nitrogens with zero attached hydrogens (tertiary/aromatic N) is 4. The van der Waals surface area contributed by atoms with Crippen LogP contribution in [0.3, 0.4) is 0 Å². The number of hydrogen-bond donors (Lipinski definition) is 0. The number of carbonyl (C=O) groups is 1. The smallest absolute Gasteiger partial charge is 0.246 e. The Labute approximate surface area is 224 Å². The number of benzene rings is 2. The number of likely N-dealkylation sites (tertiary alicyclic amines) is 1. The van der Waals surface area contributed by atoms with Crippen LogP contribution >= 0.6 is 0 Å². The molecule has 1 amide bonds. The predicted octanol–water partition coefficient (Wildman–Crippen LogP) is 5.12. The molecule has 38 heavy (non-hydrogen) atoms. The second kappa shape index (κ2) is 11.2. The van der Waals surface area contributed by atoms with Gasteiger partial charge in [0, 0.05) is 32.5 Å². The van der Waals surface area contributed by atoms with Gasteiger partial charge in [-0.2, -0.15) is 0 Å². The fourth-order valence-electron chi connectivity index (χ4n) is 5.52. The van der Waals surface area contributed by atoms with Gasteiger partial charge in [0.05, 0.1) is 36.6 Å². The Bertz CT molecular complexity index is 1280. The van der Waals surface area contributed by atoms with Crippen molar-refractivity contribution in [1.82, 2.24) is 19.8 Å². The SMILES string of the molecule is COc1cc(C)cc2c1OC(C)(C)O2.O=CN(Cc1cnc2ccccc2n1)C[C@@H]1CCCN1C1CCC1. The van der Waals surface area contributed by atoms with Crippen LogP contribution in [0.2, 0.25) is 0 Å². The van der Waals surface area contributed by atoms with Crippen LogP contribution < -0.4 is 14.2 Å². The van der Waals surface area contributed by atoms with Gasteiger partial charge in [0.15, 0.2) is 11.5 Å². The van der Waals surface area contributed by atoms with E-state index in [1.165, 1.54) is 38.6 Å². The molecule has 3 aromatic rings. The molecule has 0 spiro atoms. The van der Waals surface area contributed by atoms with Crippen molar-refractivity contribution in [2.75, 3.05) is 20.2 Å². The van der Waals surface area contributed by atoms with Crippen molar-refractivity contribution in [3.05, 3.63) is 53.9 Å². The van der Waals surface area contributed by atoms with Crippen LogP contribution in [-0.2, 0) is 11.3 Å². The summed E-state index contributed by atoms with van der Waals surface area (Å²) in [6, 6.07) is 13.0. The highest BCUT2D eigenvalue weighted by atomic mass is 16.7. The summed E-state index contributed by atoms with van der Waals surface area (Å²) in [6.45, 7) is 8.28. The summed E-state index contributed by atoms with van der Waals surface area (Å²) in [7, 11) is 1.63. The molecule has 0 unspecified atom stereocenters. The van der Waals surface area contributed by atoms with Gasteiger partial charge in [0.25, 0.3) is 0 Å². The Morgan fingerprint density at radius 2 is 1.92 bits per heavy atom. The summed E-state index contributed by atoms with van der Waals surface area (Å²) in [5.74, 6) is 1.59. The van der Waals surface area contributed by atoms with Crippen LogP contribution in [0.1, 0.15) is 57.2 Å². The summed E-state index contributed by atoms with van der Waals surface area (Å²) in [4.78, 5) is 25.2. The van der Waals surface area contributed by atoms with Gasteiger partial charge >= 0.3 is 0 Å². The quantitative estimate of drug-likeness (QED) is 0.402. The first-order valence-corrected chi connectivity index (χ1v) is 13.6. The van der Waals surface area contributed by atoms with E-state index >= 15 is 0 Å². The summed E-state index contributed by atoms with van der Waals surface area (Å²) >= 11 is 0. The molecular weight excluding hydrogens is 480 g/mol. The first-order valence-electron chi connectivity index (χ1n) is 13.6. The van der Waals surface area contributed by atoms with E-state index in [2.05, 4.69) is 14.9 Å². The van der Waals surface area contributed by atoms with Crippen molar-refractivity contribution in [3.8, 4) is 17.2 Å². The lowest BCUT2D eigenvalue weighted by atomic mass is 9.91. The summed E-state index contributed by atoms with van der Waals surface area (Å²) in [6.07, 6.45) is 9.22. The molecule has 1 aromatic heterocycles. The highest BCUT2D eigenvalue weighted by Crippen LogP contribution is 2.46. The molecule has 8 nitrogen and oxygen atoms in total. The molecule has 0 radical (unpaired) electrons. The Balaban J connectivity index is 0.000000179. The largest absolute Gasteiger partial charge is 0.493 e. The lowest BCUT2D eigenvalue weighted by Gasteiger charge is -2.39. The maximum Gasteiger partial charge on any atom is 0.246 e. The average Bonchev–Trinajstić information content (AvgIpc) is 3.44. The lowest BCUT2D eigenvalue weighted by molar-refractivity contribution is -0.119. The molecule has 1 atom stereocenters. The van der Waals surface area contributed by atoms with E-state index in [-0.39, 0.29) is 0 Å². The molecule has 1 saturated carbocycles. The standard InChI is InChI=1S/C19H24N4O.C11H14O3/c24-14-22(13-17-7-4-10-23(17)16-5-3-6-16)12-15-11-20-18-8-1-2-9-19(18)21-15;1-7-5-8(12-4)10-9(6-7)13-11(2,3)14-10/h1-2,8-9,11,14,16-17H,3-7,10,12-13H2;5-6H,1-4H3/t17-;/m0./s1. The topological polar surface area (TPSA) is 77.0 Å². The number of fused-ring (bicyclic) bond motifs is 2. The van der Waals surface area contributed by atoms with Gasteiger partial charge in [-0.05, 0) is 69.0 Å². The normalized spacial score (nSPS) is 19.9. The number of para-hydroxylation sites is 2. The molecule has 2 fully saturated rings. The Hall–Kier alpha value is -3.39. The minimum absolute atomic E-state index is 0.508. The average molecular weight is 519 g/mol. The molecule has 202 valence electrons. The Morgan fingerprint density at radius 1 is 1.13 bits per heavy atom. The van der Waals surface area contributed by atoms with Crippen molar-refractivity contribution in [3.63, 3.8) is 0 Å². The van der Waals surface area contributed by atoms with Gasteiger partial charge in [0.2, 0.25) is 17.9 Å². The number of aryl methyl sites for hydroxylation is 1. The molecule has 8 heteroatoms. The summed E-state index contributed by atoms with van der Waals surface area (Å²) in [5, 5.41) is 0. The van der Waals surface area contributed by atoms with Gasteiger partial charge in [-0.25, -0.2) is 4.98 Å². The Morgan fingerprint density at radius 3 is 2.63 bits per heavy atom. The number of amides is 1. The van der Waals surface area contributed by atoms with Gasteiger partial charge in [-0.15, -0.1) is 0 Å². The van der Waals surface area contributed by atoms with Crippen LogP contribution in [-0.4, -0.2) is 64.2 Å². The van der Waals surface area contributed by atoms with Crippen molar-refractivity contribution < 1.29 is 19.0 Å². The molecule has 1 saturated heterocycles. The van der Waals surface area contributed by atoms with E-state index in [0.29, 0.717) is 18.3 Å². The fraction of sp³-hybridized carbons (Fsp3) is 0.500. The zero-order valence-corrected chi connectivity index (χ0v) is 22.9. The van der Waals surface area contributed by atoms with Crippen molar-refractivity contribution >= 4 is 17.4 Å².